The summed E-state index contributed by atoms with van der Waals surface area (Å²) in [4.78, 5) is 30.3. The van der Waals surface area contributed by atoms with Crippen LogP contribution in [0.2, 0.25) is 0 Å². The minimum atomic E-state index is -0.659. The van der Waals surface area contributed by atoms with E-state index < -0.39 is 5.66 Å². The van der Waals surface area contributed by atoms with Crippen molar-refractivity contribution in [1.82, 2.24) is 9.80 Å². The molecule has 24 heavy (non-hydrogen) atoms. The van der Waals surface area contributed by atoms with Crippen LogP contribution in [0.3, 0.4) is 0 Å². The molecule has 0 spiro atoms. The highest BCUT2D eigenvalue weighted by molar-refractivity contribution is 6.23. The van der Waals surface area contributed by atoms with E-state index in [0.29, 0.717) is 19.0 Å². The van der Waals surface area contributed by atoms with Crippen LogP contribution in [0.5, 0.6) is 0 Å². The lowest BCUT2D eigenvalue weighted by Gasteiger charge is -2.47. The molecule has 1 aromatic rings. The Hall–Kier alpha value is -2.28. The number of anilines is 1. The van der Waals surface area contributed by atoms with Crippen LogP contribution >= 0.6 is 0 Å². The van der Waals surface area contributed by atoms with Crippen LogP contribution in [0.1, 0.15) is 19.6 Å². The Morgan fingerprint density at radius 1 is 1.04 bits per heavy atom. The van der Waals surface area contributed by atoms with Gasteiger partial charge in [-0.1, -0.05) is 0 Å². The number of nitrogens with zero attached hydrogens (tertiary/aromatic N) is 3. The number of hydrogen-bond donors (Lipinski definition) is 0. The Kier molecular flexibility index (Phi) is 4.13. The Morgan fingerprint density at radius 2 is 1.62 bits per heavy atom. The van der Waals surface area contributed by atoms with Crippen molar-refractivity contribution in [2.75, 3.05) is 45.3 Å². The van der Waals surface area contributed by atoms with Gasteiger partial charge >= 0.3 is 0 Å². The van der Waals surface area contributed by atoms with Gasteiger partial charge in [0.1, 0.15) is 17.0 Å². The smallest absolute Gasteiger partial charge is 0.261 e. The fourth-order valence-corrected chi connectivity index (χ4v) is 2.81. The predicted molar refractivity (Wildman–Crippen MR) is 89.3 cm³/mol. The first kappa shape index (κ1) is 16.6. The van der Waals surface area contributed by atoms with Gasteiger partial charge in [-0.25, -0.2) is 0 Å². The third-order valence-corrected chi connectivity index (χ3v) is 4.93. The Bertz CT molecular complexity index is 660. The van der Waals surface area contributed by atoms with Gasteiger partial charge in [0.05, 0.1) is 13.2 Å². The van der Waals surface area contributed by atoms with Crippen molar-refractivity contribution in [3.05, 3.63) is 23.5 Å². The molecule has 0 unspecified atom stereocenters. The molecule has 3 rings (SSSR count). The molecule has 0 N–H and O–H groups in total. The third kappa shape index (κ3) is 2.69. The van der Waals surface area contributed by atoms with Crippen LogP contribution in [0.15, 0.2) is 22.1 Å². The first-order chi connectivity index (χ1) is 11.3. The number of morpholine rings is 1. The molecule has 2 amide bonds. The summed E-state index contributed by atoms with van der Waals surface area (Å²) in [6, 6.07) is 3.63. The first-order valence-corrected chi connectivity index (χ1v) is 8.03. The minimum absolute atomic E-state index is 0.113. The average molecular weight is 333 g/mol. The van der Waals surface area contributed by atoms with Crippen molar-refractivity contribution in [1.29, 1.82) is 0 Å². The maximum absolute atomic E-state index is 12.6. The quantitative estimate of drug-likeness (QED) is 0.600. The van der Waals surface area contributed by atoms with E-state index in [2.05, 4.69) is 4.90 Å². The number of hydrogen-bond acceptors (Lipinski definition) is 5. The zero-order chi connectivity index (χ0) is 17.5. The molecule has 0 atom stereocenters. The molecule has 1 aromatic heterocycles. The summed E-state index contributed by atoms with van der Waals surface area (Å²) in [5, 5.41) is 0. The fourth-order valence-electron chi connectivity index (χ4n) is 2.81. The zero-order valence-corrected chi connectivity index (χ0v) is 14.5. The molecule has 0 aromatic carbocycles. The SMILES string of the molecule is CN1C(=O)C(=Cc2ccc(N3CCOCC3)o2)C(=O)N(C)C1(C)C. The molecular weight excluding hydrogens is 310 g/mol. The molecule has 2 aliphatic rings. The first-order valence-electron chi connectivity index (χ1n) is 8.03. The summed E-state index contributed by atoms with van der Waals surface area (Å²) in [5.74, 6) is 0.623. The van der Waals surface area contributed by atoms with E-state index in [4.69, 9.17) is 9.15 Å². The van der Waals surface area contributed by atoms with Crippen molar-refractivity contribution in [2.45, 2.75) is 19.5 Å². The van der Waals surface area contributed by atoms with Gasteiger partial charge in [-0.15, -0.1) is 0 Å². The number of likely N-dealkylation sites (N-methyl/N-ethyl adjacent to an activating group) is 2. The number of carbonyl (C=O) groups excluding carboxylic acids is 2. The number of carbonyl (C=O) groups is 2. The Labute approximate surface area is 141 Å². The highest BCUT2D eigenvalue weighted by Crippen LogP contribution is 2.29. The van der Waals surface area contributed by atoms with Gasteiger partial charge in [0.25, 0.3) is 11.8 Å². The number of rotatable bonds is 2. The zero-order valence-electron chi connectivity index (χ0n) is 14.5. The maximum Gasteiger partial charge on any atom is 0.261 e. The van der Waals surface area contributed by atoms with Gasteiger partial charge in [-0.3, -0.25) is 9.59 Å². The Morgan fingerprint density at radius 3 is 2.21 bits per heavy atom. The van der Waals surface area contributed by atoms with E-state index >= 15 is 0 Å². The molecule has 0 bridgehead atoms. The van der Waals surface area contributed by atoms with Crippen LogP contribution in [0.4, 0.5) is 5.88 Å². The molecule has 7 nitrogen and oxygen atoms in total. The van der Waals surface area contributed by atoms with E-state index in [1.807, 2.05) is 19.9 Å². The van der Waals surface area contributed by atoms with Crippen molar-refractivity contribution in [3.8, 4) is 0 Å². The van der Waals surface area contributed by atoms with E-state index in [9.17, 15) is 9.59 Å². The van der Waals surface area contributed by atoms with Gasteiger partial charge in [0, 0.05) is 33.3 Å². The van der Waals surface area contributed by atoms with Crippen molar-refractivity contribution < 1.29 is 18.7 Å². The molecule has 0 saturated carbocycles. The van der Waals surface area contributed by atoms with Crippen molar-refractivity contribution in [2.24, 2.45) is 0 Å². The van der Waals surface area contributed by atoms with Gasteiger partial charge in [0.2, 0.25) is 0 Å². The molecule has 7 heteroatoms. The number of furan rings is 1. The molecule has 0 radical (unpaired) electrons. The van der Waals surface area contributed by atoms with Gasteiger partial charge in [-0.2, -0.15) is 0 Å². The van der Waals surface area contributed by atoms with Gasteiger partial charge < -0.3 is 23.9 Å². The molecular formula is C17H23N3O4. The molecule has 3 heterocycles. The largest absolute Gasteiger partial charge is 0.441 e. The monoisotopic (exact) mass is 333 g/mol. The van der Waals surface area contributed by atoms with Crippen LogP contribution in [0, 0.1) is 0 Å². The van der Waals surface area contributed by atoms with Crippen LogP contribution in [-0.2, 0) is 14.3 Å². The molecule has 2 aliphatic heterocycles. The van der Waals surface area contributed by atoms with Gasteiger partial charge in [0.15, 0.2) is 5.88 Å². The van der Waals surface area contributed by atoms with E-state index in [-0.39, 0.29) is 17.4 Å². The fraction of sp³-hybridized carbons (Fsp3) is 0.529. The van der Waals surface area contributed by atoms with E-state index in [1.54, 1.807) is 30.0 Å². The summed E-state index contributed by atoms with van der Waals surface area (Å²) in [6.07, 6.45) is 1.52. The van der Waals surface area contributed by atoms with Crippen molar-refractivity contribution >= 4 is 23.8 Å². The normalized spacial score (nSPS) is 21.5. The van der Waals surface area contributed by atoms with Crippen LogP contribution in [0.25, 0.3) is 6.08 Å². The summed E-state index contributed by atoms with van der Waals surface area (Å²) >= 11 is 0. The molecule has 2 saturated heterocycles. The summed E-state index contributed by atoms with van der Waals surface area (Å²) in [7, 11) is 3.39. The number of amides is 2. The highest BCUT2D eigenvalue weighted by Gasteiger charge is 2.44. The second kappa shape index (κ2) is 5.98. The van der Waals surface area contributed by atoms with Crippen LogP contribution < -0.4 is 4.90 Å². The molecule has 130 valence electrons. The Balaban J connectivity index is 1.86. The second-order valence-corrected chi connectivity index (χ2v) is 6.56. The van der Waals surface area contributed by atoms with Crippen molar-refractivity contribution in [3.63, 3.8) is 0 Å². The number of ether oxygens (including phenoxy) is 1. The van der Waals surface area contributed by atoms with E-state index in [1.165, 1.54) is 6.08 Å². The standard InChI is InChI=1S/C17H23N3O4/c1-17(2)18(3)15(21)13(16(22)19(17)4)11-12-5-6-14(24-12)20-7-9-23-10-8-20/h5-6,11H,7-10H2,1-4H3. The maximum atomic E-state index is 12.6. The second-order valence-electron chi connectivity index (χ2n) is 6.56. The minimum Gasteiger partial charge on any atom is -0.441 e. The lowest BCUT2D eigenvalue weighted by Crippen LogP contribution is -2.63. The molecule has 2 fully saturated rings. The lowest BCUT2D eigenvalue weighted by molar-refractivity contribution is -0.155. The summed E-state index contributed by atoms with van der Waals surface area (Å²) in [6.45, 7) is 6.53. The van der Waals surface area contributed by atoms with Crippen LogP contribution in [-0.4, -0.2) is 67.7 Å². The topological polar surface area (TPSA) is 66.2 Å². The van der Waals surface area contributed by atoms with Gasteiger partial charge in [-0.05, 0) is 26.0 Å². The highest BCUT2D eigenvalue weighted by atomic mass is 16.5. The molecule has 0 aliphatic carbocycles. The van der Waals surface area contributed by atoms with E-state index in [0.717, 1.165) is 19.0 Å². The predicted octanol–water partition coefficient (Wildman–Crippen LogP) is 1.17. The summed E-state index contributed by atoms with van der Waals surface area (Å²) in [5.41, 5.74) is -0.546. The summed E-state index contributed by atoms with van der Waals surface area (Å²) < 4.78 is 11.1. The third-order valence-electron chi connectivity index (χ3n) is 4.93. The lowest BCUT2D eigenvalue weighted by atomic mass is 10.0. The average Bonchev–Trinajstić information content (AvgIpc) is 3.05.